The molecule has 0 radical (unpaired) electrons. The molecule has 1 aromatic rings. The van der Waals surface area contributed by atoms with Gasteiger partial charge in [0, 0.05) is 13.2 Å². The van der Waals surface area contributed by atoms with Crippen LogP contribution >= 0.6 is 0 Å². The standard InChI is InChI=1S/C13H19NO3/c1-10(14-13(15)9-16-2)8-11-6-4-5-7-12(11)17-3/h4-7,10H,8-9H2,1-3H3,(H,14,15). The summed E-state index contributed by atoms with van der Waals surface area (Å²) in [6.07, 6.45) is 0.736. The van der Waals surface area contributed by atoms with Crippen LogP contribution in [-0.4, -0.2) is 32.8 Å². The normalized spacial score (nSPS) is 11.9. The minimum Gasteiger partial charge on any atom is -0.496 e. The Morgan fingerprint density at radius 3 is 2.71 bits per heavy atom. The molecule has 0 saturated heterocycles. The number of para-hydroxylation sites is 1. The lowest BCUT2D eigenvalue weighted by Gasteiger charge is -2.15. The Kier molecular flexibility index (Phi) is 5.49. The predicted octanol–water partition coefficient (Wildman–Crippen LogP) is 1.39. The summed E-state index contributed by atoms with van der Waals surface area (Å²) in [6, 6.07) is 7.85. The van der Waals surface area contributed by atoms with Crippen molar-refractivity contribution in [1.29, 1.82) is 0 Å². The van der Waals surface area contributed by atoms with Gasteiger partial charge in [-0.1, -0.05) is 18.2 Å². The van der Waals surface area contributed by atoms with Crippen LogP contribution in [0.1, 0.15) is 12.5 Å². The van der Waals surface area contributed by atoms with Crippen LogP contribution in [0.5, 0.6) is 5.75 Å². The van der Waals surface area contributed by atoms with Crippen molar-refractivity contribution in [2.75, 3.05) is 20.8 Å². The predicted molar refractivity (Wildman–Crippen MR) is 66.2 cm³/mol. The van der Waals surface area contributed by atoms with Gasteiger partial charge in [0.15, 0.2) is 0 Å². The number of hydrogen-bond donors (Lipinski definition) is 1. The first-order valence-electron chi connectivity index (χ1n) is 5.57. The number of hydrogen-bond acceptors (Lipinski definition) is 3. The van der Waals surface area contributed by atoms with Crippen LogP contribution < -0.4 is 10.1 Å². The Labute approximate surface area is 102 Å². The van der Waals surface area contributed by atoms with Gasteiger partial charge in [-0.15, -0.1) is 0 Å². The molecule has 17 heavy (non-hydrogen) atoms. The van der Waals surface area contributed by atoms with Crippen molar-refractivity contribution < 1.29 is 14.3 Å². The van der Waals surface area contributed by atoms with E-state index in [0.717, 1.165) is 17.7 Å². The van der Waals surface area contributed by atoms with Gasteiger partial charge in [-0.05, 0) is 25.0 Å². The van der Waals surface area contributed by atoms with Gasteiger partial charge in [-0.2, -0.15) is 0 Å². The number of carbonyl (C=O) groups excluding carboxylic acids is 1. The Morgan fingerprint density at radius 2 is 2.06 bits per heavy atom. The molecule has 1 atom stereocenters. The first-order chi connectivity index (χ1) is 8.17. The SMILES string of the molecule is COCC(=O)NC(C)Cc1ccccc1OC. The van der Waals surface area contributed by atoms with Crippen molar-refractivity contribution in [1.82, 2.24) is 5.32 Å². The molecule has 1 unspecified atom stereocenters. The lowest BCUT2D eigenvalue weighted by Crippen LogP contribution is -2.36. The van der Waals surface area contributed by atoms with Crippen molar-refractivity contribution in [3.8, 4) is 5.75 Å². The molecule has 94 valence electrons. The van der Waals surface area contributed by atoms with E-state index in [9.17, 15) is 4.79 Å². The molecule has 1 rings (SSSR count). The summed E-state index contributed by atoms with van der Waals surface area (Å²) in [5.41, 5.74) is 1.08. The fraction of sp³-hybridized carbons (Fsp3) is 0.462. The van der Waals surface area contributed by atoms with Crippen molar-refractivity contribution >= 4 is 5.91 Å². The Bertz CT molecular complexity index is 365. The summed E-state index contributed by atoms with van der Waals surface area (Å²) < 4.78 is 10.0. The molecule has 4 heteroatoms. The molecule has 0 aliphatic rings. The van der Waals surface area contributed by atoms with E-state index in [-0.39, 0.29) is 18.6 Å². The van der Waals surface area contributed by atoms with Gasteiger partial charge >= 0.3 is 0 Å². The second-order valence-corrected chi connectivity index (χ2v) is 3.92. The van der Waals surface area contributed by atoms with Gasteiger partial charge in [-0.25, -0.2) is 0 Å². The van der Waals surface area contributed by atoms with Crippen LogP contribution in [0.4, 0.5) is 0 Å². The molecule has 4 nitrogen and oxygen atoms in total. The monoisotopic (exact) mass is 237 g/mol. The van der Waals surface area contributed by atoms with E-state index in [2.05, 4.69) is 5.32 Å². The van der Waals surface area contributed by atoms with Crippen molar-refractivity contribution in [2.45, 2.75) is 19.4 Å². The molecule has 0 aromatic heterocycles. The first-order valence-corrected chi connectivity index (χ1v) is 5.57. The third kappa shape index (κ3) is 4.44. The Morgan fingerprint density at radius 1 is 1.35 bits per heavy atom. The molecular formula is C13H19NO3. The second-order valence-electron chi connectivity index (χ2n) is 3.92. The topological polar surface area (TPSA) is 47.6 Å². The minimum absolute atomic E-state index is 0.0500. The highest BCUT2D eigenvalue weighted by Gasteiger charge is 2.10. The fourth-order valence-corrected chi connectivity index (χ4v) is 1.70. The Hall–Kier alpha value is -1.55. The summed E-state index contributed by atoms with van der Waals surface area (Å²) in [5.74, 6) is 0.746. The summed E-state index contributed by atoms with van der Waals surface area (Å²) in [4.78, 5) is 11.3. The molecule has 1 N–H and O–H groups in total. The summed E-state index contributed by atoms with van der Waals surface area (Å²) in [6.45, 7) is 2.05. The largest absolute Gasteiger partial charge is 0.496 e. The van der Waals surface area contributed by atoms with E-state index >= 15 is 0 Å². The third-order valence-electron chi connectivity index (χ3n) is 2.40. The average molecular weight is 237 g/mol. The molecule has 0 heterocycles. The maximum absolute atomic E-state index is 11.3. The number of nitrogens with one attached hydrogen (secondary N) is 1. The smallest absolute Gasteiger partial charge is 0.246 e. The van der Waals surface area contributed by atoms with E-state index in [0.29, 0.717) is 0 Å². The zero-order valence-electron chi connectivity index (χ0n) is 10.5. The van der Waals surface area contributed by atoms with Crippen molar-refractivity contribution in [3.05, 3.63) is 29.8 Å². The Balaban J connectivity index is 2.55. The average Bonchev–Trinajstić information content (AvgIpc) is 2.29. The number of methoxy groups -OCH3 is 2. The second kappa shape index (κ2) is 6.91. The molecule has 0 aliphatic heterocycles. The van der Waals surface area contributed by atoms with Crippen LogP contribution in [-0.2, 0) is 16.0 Å². The lowest BCUT2D eigenvalue weighted by molar-refractivity contribution is -0.125. The van der Waals surface area contributed by atoms with Gasteiger partial charge < -0.3 is 14.8 Å². The number of ether oxygens (including phenoxy) is 2. The van der Waals surface area contributed by atoms with Gasteiger partial charge in [0.25, 0.3) is 0 Å². The zero-order chi connectivity index (χ0) is 12.7. The molecule has 0 saturated carbocycles. The van der Waals surface area contributed by atoms with Crippen LogP contribution in [0, 0.1) is 0 Å². The highest BCUT2D eigenvalue weighted by molar-refractivity contribution is 5.77. The highest BCUT2D eigenvalue weighted by Crippen LogP contribution is 2.18. The van der Waals surface area contributed by atoms with Crippen LogP contribution in [0.2, 0.25) is 0 Å². The van der Waals surface area contributed by atoms with E-state index in [1.807, 2.05) is 31.2 Å². The van der Waals surface area contributed by atoms with Crippen LogP contribution in [0.15, 0.2) is 24.3 Å². The van der Waals surface area contributed by atoms with Crippen LogP contribution in [0.25, 0.3) is 0 Å². The summed E-state index contributed by atoms with van der Waals surface area (Å²) >= 11 is 0. The number of amides is 1. The van der Waals surface area contributed by atoms with Crippen LogP contribution in [0.3, 0.4) is 0 Å². The minimum atomic E-state index is -0.102. The lowest BCUT2D eigenvalue weighted by atomic mass is 10.1. The quantitative estimate of drug-likeness (QED) is 0.813. The first kappa shape index (κ1) is 13.5. The van der Waals surface area contributed by atoms with Gasteiger partial charge in [-0.3, -0.25) is 4.79 Å². The maximum Gasteiger partial charge on any atom is 0.246 e. The number of carbonyl (C=O) groups is 1. The van der Waals surface area contributed by atoms with E-state index < -0.39 is 0 Å². The number of rotatable bonds is 6. The maximum atomic E-state index is 11.3. The van der Waals surface area contributed by atoms with E-state index in [1.54, 1.807) is 7.11 Å². The summed E-state index contributed by atoms with van der Waals surface area (Å²) in [5, 5.41) is 2.86. The van der Waals surface area contributed by atoms with Crippen molar-refractivity contribution in [3.63, 3.8) is 0 Å². The molecule has 0 aliphatic carbocycles. The molecule has 0 fully saturated rings. The molecule has 0 spiro atoms. The molecular weight excluding hydrogens is 218 g/mol. The third-order valence-corrected chi connectivity index (χ3v) is 2.40. The highest BCUT2D eigenvalue weighted by atomic mass is 16.5. The summed E-state index contributed by atoms with van der Waals surface area (Å²) in [7, 11) is 3.15. The van der Waals surface area contributed by atoms with Gasteiger partial charge in [0.05, 0.1) is 7.11 Å². The number of benzene rings is 1. The zero-order valence-corrected chi connectivity index (χ0v) is 10.5. The van der Waals surface area contributed by atoms with E-state index in [4.69, 9.17) is 9.47 Å². The molecule has 1 amide bonds. The van der Waals surface area contributed by atoms with Gasteiger partial charge in [0.2, 0.25) is 5.91 Å². The fourth-order valence-electron chi connectivity index (χ4n) is 1.70. The van der Waals surface area contributed by atoms with Gasteiger partial charge in [0.1, 0.15) is 12.4 Å². The molecule has 1 aromatic carbocycles. The van der Waals surface area contributed by atoms with Crippen molar-refractivity contribution in [2.24, 2.45) is 0 Å². The molecule has 0 bridgehead atoms. The van der Waals surface area contributed by atoms with E-state index in [1.165, 1.54) is 7.11 Å².